The highest BCUT2D eigenvalue weighted by Crippen LogP contribution is 2.42. The number of hydrogen-bond donors (Lipinski definition) is 3. The lowest BCUT2D eigenvalue weighted by atomic mass is 9.78. The first-order chi connectivity index (χ1) is 20.7. The number of aromatic amines is 1. The molecular weight excluding hydrogens is 518 g/mol. The van der Waals surface area contributed by atoms with Crippen LogP contribution in [-0.2, 0) is 13.0 Å². The number of likely N-dealkylation sites (N-methyl/N-ethyl adjacent to an activating group) is 1. The second-order valence-electron chi connectivity index (χ2n) is 11.7. The summed E-state index contributed by atoms with van der Waals surface area (Å²) in [6, 6.07) is 26.2. The minimum Gasteiger partial charge on any atom is -0.381 e. The van der Waals surface area contributed by atoms with E-state index < -0.39 is 0 Å². The van der Waals surface area contributed by atoms with Crippen LogP contribution in [-0.4, -0.2) is 71.1 Å². The van der Waals surface area contributed by atoms with Gasteiger partial charge in [0.1, 0.15) is 0 Å². The standard InChI is InChI=1S/C35H39N7/c1-41-18-20-42(21-19-41)17-5-15-37-35-39-24-28-22-32(30-8-2-3-9-31(30)34(28)40-35)25-10-12-29(13-11-25)38-23-27-7-4-6-26-14-16-36-33(26)27/h2-4,6-14,16,24,32,36,38H,5,15,17-23H2,1H3,(H,37,39,40). The molecule has 3 heterocycles. The molecule has 1 aliphatic heterocycles. The van der Waals surface area contributed by atoms with Gasteiger partial charge in [0.15, 0.2) is 0 Å². The third-order valence-electron chi connectivity index (χ3n) is 8.88. The molecule has 1 saturated heterocycles. The van der Waals surface area contributed by atoms with Gasteiger partial charge in [0.05, 0.1) is 11.2 Å². The van der Waals surface area contributed by atoms with Crippen molar-refractivity contribution in [3.05, 3.63) is 107 Å². The summed E-state index contributed by atoms with van der Waals surface area (Å²) in [5, 5.41) is 8.33. The van der Waals surface area contributed by atoms with Gasteiger partial charge in [-0.25, -0.2) is 9.97 Å². The van der Waals surface area contributed by atoms with E-state index in [1.807, 2.05) is 12.4 Å². The number of anilines is 2. The maximum absolute atomic E-state index is 5.01. The quantitative estimate of drug-likeness (QED) is 0.194. The van der Waals surface area contributed by atoms with Gasteiger partial charge < -0.3 is 25.4 Å². The van der Waals surface area contributed by atoms with Crippen molar-refractivity contribution in [2.75, 3.05) is 56.9 Å². The highest BCUT2D eigenvalue weighted by Gasteiger charge is 2.27. The van der Waals surface area contributed by atoms with E-state index in [1.54, 1.807) is 0 Å². The third-order valence-corrected chi connectivity index (χ3v) is 8.88. The molecule has 7 nitrogen and oxygen atoms in total. The fraction of sp³-hybridized carbons (Fsp3) is 0.314. The highest BCUT2D eigenvalue weighted by molar-refractivity contribution is 5.82. The van der Waals surface area contributed by atoms with Gasteiger partial charge in [-0.1, -0.05) is 54.6 Å². The first-order valence-electron chi connectivity index (χ1n) is 15.2. The van der Waals surface area contributed by atoms with Crippen molar-refractivity contribution in [1.29, 1.82) is 0 Å². The molecular formula is C35H39N7. The van der Waals surface area contributed by atoms with Crippen molar-refractivity contribution in [1.82, 2.24) is 24.8 Å². The summed E-state index contributed by atoms with van der Waals surface area (Å²) in [6.07, 6.45) is 6.03. The SMILES string of the molecule is CN1CCN(CCCNc2ncc3c(n2)-c2ccccc2C(c2ccc(NCc4cccc5cc[nH]c45)cc2)C3)CC1. The average molecular weight is 558 g/mol. The van der Waals surface area contributed by atoms with Crippen LogP contribution in [0.5, 0.6) is 0 Å². The van der Waals surface area contributed by atoms with Gasteiger partial charge in [-0.3, -0.25) is 0 Å². The molecule has 1 unspecified atom stereocenters. The van der Waals surface area contributed by atoms with Gasteiger partial charge in [-0.15, -0.1) is 0 Å². The molecule has 3 N–H and O–H groups in total. The molecule has 0 amide bonds. The Labute approximate surface area is 248 Å². The average Bonchev–Trinajstić information content (AvgIpc) is 3.53. The van der Waals surface area contributed by atoms with E-state index >= 15 is 0 Å². The third kappa shape index (κ3) is 5.62. The number of hydrogen-bond acceptors (Lipinski definition) is 6. The van der Waals surface area contributed by atoms with Gasteiger partial charge in [0, 0.05) is 68.8 Å². The second kappa shape index (κ2) is 12.0. The van der Waals surface area contributed by atoms with E-state index in [9.17, 15) is 0 Å². The molecule has 1 fully saturated rings. The first-order valence-corrected chi connectivity index (χ1v) is 15.2. The number of nitrogens with zero attached hydrogens (tertiary/aromatic N) is 4. The predicted molar refractivity (Wildman–Crippen MR) is 172 cm³/mol. The van der Waals surface area contributed by atoms with Crippen molar-refractivity contribution >= 4 is 22.5 Å². The fourth-order valence-corrected chi connectivity index (χ4v) is 6.42. The molecule has 3 aromatic carbocycles. The summed E-state index contributed by atoms with van der Waals surface area (Å²) in [4.78, 5) is 18.0. The van der Waals surface area contributed by atoms with Crippen molar-refractivity contribution in [2.24, 2.45) is 0 Å². The van der Waals surface area contributed by atoms with Crippen LogP contribution in [0.2, 0.25) is 0 Å². The summed E-state index contributed by atoms with van der Waals surface area (Å²) in [5.41, 5.74) is 9.73. The monoisotopic (exact) mass is 557 g/mol. The Hall–Kier alpha value is -4.20. The van der Waals surface area contributed by atoms with Crippen LogP contribution in [0.15, 0.2) is 85.2 Å². The van der Waals surface area contributed by atoms with E-state index in [0.717, 1.165) is 76.0 Å². The normalized spacial score (nSPS) is 17.1. The Morgan fingerprint density at radius 3 is 2.64 bits per heavy atom. The van der Waals surface area contributed by atoms with Crippen LogP contribution in [0.25, 0.3) is 22.2 Å². The zero-order valence-electron chi connectivity index (χ0n) is 24.3. The van der Waals surface area contributed by atoms with Crippen LogP contribution < -0.4 is 10.6 Å². The lowest BCUT2D eigenvalue weighted by Gasteiger charge is -2.32. The van der Waals surface area contributed by atoms with E-state index in [4.69, 9.17) is 9.97 Å². The Bertz CT molecular complexity index is 1650. The number of para-hydroxylation sites is 1. The molecule has 214 valence electrons. The minimum absolute atomic E-state index is 0.279. The Balaban J connectivity index is 1.01. The Morgan fingerprint density at radius 2 is 1.76 bits per heavy atom. The number of rotatable bonds is 9. The highest BCUT2D eigenvalue weighted by atomic mass is 15.2. The number of aromatic nitrogens is 3. The molecule has 2 aromatic heterocycles. The molecule has 7 rings (SSSR count). The van der Waals surface area contributed by atoms with Crippen molar-refractivity contribution in [3.63, 3.8) is 0 Å². The van der Waals surface area contributed by atoms with Crippen LogP contribution in [0.4, 0.5) is 11.6 Å². The number of piperazine rings is 1. The topological polar surface area (TPSA) is 72.1 Å². The zero-order chi connectivity index (χ0) is 28.3. The van der Waals surface area contributed by atoms with Gasteiger partial charge in [0.2, 0.25) is 5.95 Å². The van der Waals surface area contributed by atoms with Crippen LogP contribution in [0, 0.1) is 0 Å². The molecule has 0 saturated carbocycles. The largest absolute Gasteiger partial charge is 0.381 e. The van der Waals surface area contributed by atoms with Crippen LogP contribution in [0.1, 0.15) is 34.6 Å². The molecule has 5 aromatic rings. The van der Waals surface area contributed by atoms with Crippen molar-refractivity contribution in [3.8, 4) is 11.3 Å². The smallest absolute Gasteiger partial charge is 0.223 e. The van der Waals surface area contributed by atoms with Gasteiger partial charge >= 0.3 is 0 Å². The van der Waals surface area contributed by atoms with Crippen LogP contribution in [0.3, 0.4) is 0 Å². The summed E-state index contributed by atoms with van der Waals surface area (Å²) in [5.74, 6) is 1.01. The molecule has 7 heteroatoms. The van der Waals surface area contributed by atoms with Gasteiger partial charge in [-0.2, -0.15) is 0 Å². The lowest BCUT2D eigenvalue weighted by molar-refractivity contribution is 0.154. The molecule has 42 heavy (non-hydrogen) atoms. The molecule has 1 aliphatic carbocycles. The summed E-state index contributed by atoms with van der Waals surface area (Å²) in [6.45, 7) is 7.43. The fourth-order valence-electron chi connectivity index (χ4n) is 6.42. The van der Waals surface area contributed by atoms with E-state index in [1.165, 1.54) is 38.7 Å². The first kappa shape index (κ1) is 26.7. The maximum Gasteiger partial charge on any atom is 0.223 e. The Kier molecular flexibility index (Phi) is 7.60. The molecule has 0 spiro atoms. The van der Waals surface area contributed by atoms with Gasteiger partial charge in [0.25, 0.3) is 0 Å². The summed E-state index contributed by atoms with van der Waals surface area (Å²) in [7, 11) is 2.20. The van der Waals surface area contributed by atoms with E-state index in [-0.39, 0.29) is 5.92 Å². The van der Waals surface area contributed by atoms with Crippen LogP contribution >= 0.6 is 0 Å². The van der Waals surface area contributed by atoms with Crippen molar-refractivity contribution in [2.45, 2.75) is 25.3 Å². The zero-order valence-corrected chi connectivity index (χ0v) is 24.3. The molecule has 2 aliphatic rings. The number of H-pyrrole nitrogens is 1. The predicted octanol–water partition coefficient (Wildman–Crippen LogP) is 5.97. The Morgan fingerprint density at radius 1 is 0.905 bits per heavy atom. The summed E-state index contributed by atoms with van der Waals surface area (Å²) >= 11 is 0. The van der Waals surface area contributed by atoms with Crippen molar-refractivity contribution < 1.29 is 0 Å². The molecule has 1 atom stereocenters. The summed E-state index contributed by atoms with van der Waals surface area (Å²) < 4.78 is 0. The number of nitrogens with one attached hydrogen (secondary N) is 3. The minimum atomic E-state index is 0.279. The van der Waals surface area contributed by atoms with Gasteiger partial charge in [-0.05, 0) is 72.3 Å². The second-order valence-corrected chi connectivity index (χ2v) is 11.7. The van der Waals surface area contributed by atoms with E-state index in [0.29, 0.717) is 0 Å². The maximum atomic E-state index is 5.01. The molecule has 0 bridgehead atoms. The van der Waals surface area contributed by atoms with E-state index in [2.05, 4.69) is 105 Å². The molecule has 0 radical (unpaired) electrons. The number of benzene rings is 3. The number of fused-ring (bicyclic) bond motifs is 4. The lowest BCUT2D eigenvalue weighted by Crippen LogP contribution is -2.44.